The summed E-state index contributed by atoms with van der Waals surface area (Å²) < 4.78 is 0. The number of piperazine rings is 1. The van der Waals surface area contributed by atoms with E-state index in [-0.39, 0.29) is 0 Å². The molecule has 0 aliphatic carbocycles. The molecule has 106 valence electrons. The summed E-state index contributed by atoms with van der Waals surface area (Å²) in [4.78, 5) is 5.20. The molecule has 2 heterocycles. The van der Waals surface area contributed by atoms with E-state index in [1.807, 2.05) is 6.92 Å². The predicted molar refractivity (Wildman–Crippen MR) is 74.5 cm³/mol. The number of aliphatic hydroxyl groups is 1. The molecule has 0 radical (unpaired) electrons. The molecule has 0 bridgehead atoms. The van der Waals surface area contributed by atoms with Gasteiger partial charge in [0.15, 0.2) is 0 Å². The van der Waals surface area contributed by atoms with E-state index in [4.69, 9.17) is 5.73 Å². The molecule has 0 aromatic rings. The van der Waals surface area contributed by atoms with Gasteiger partial charge in [0.2, 0.25) is 0 Å². The second-order valence-corrected chi connectivity index (χ2v) is 6.44. The summed E-state index contributed by atoms with van der Waals surface area (Å²) in [7, 11) is 0. The van der Waals surface area contributed by atoms with Crippen LogP contribution in [0.3, 0.4) is 0 Å². The van der Waals surface area contributed by atoms with E-state index in [9.17, 15) is 5.11 Å². The smallest absolute Gasteiger partial charge is 0.0753 e. The highest BCUT2D eigenvalue weighted by Gasteiger charge is 2.33. The Hall–Kier alpha value is -0.160. The zero-order valence-electron chi connectivity index (χ0n) is 11.9. The summed E-state index contributed by atoms with van der Waals surface area (Å²) in [5.74, 6) is 0. The fraction of sp³-hybridized carbons (Fsp3) is 1.00. The zero-order valence-corrected chi connectivity index (χ0v) is 11.9. The van der Waals surface area contributed by atoms with Crippen molar-refractivity contribution in [3.63, 3.8) is 0 Å². The Morgan fingerprint density at radius 1 is 1.33 bits per heavy atom. The first-order valence-electron chi connectivity index (χ1n) is 7.42. The predicted octanol–water partition coefficient (Wildman–Crippen LogP) is 0.645. The van der Waals surface area contributed by atoms with Gasteiger partial charge in [0.1, 0.15) is 0 Å². The highest BCUT2D eigenvalue weighted by molar-refractivity contribution is 4.90. The summed E-state index contributed by atoms with van der Waals surface area (Å²) in [6.07, 6.45) is 4.87. The lowest BCUT2D eigenvalue weighted by molar-refractivity contribution is -0.00596. The average molecular weight is 255 g/mol. The van der Waals surface area contributed by atoms with Gasteiger partial charge in [-0.05, 0) is 39.7 Å². The molecule has 18 heavy (non-hydrogen) atoms. The van der Waals surface area contributed by atoms with Gasteiger partial charge in [0.25, 0.3) is 0 Å². The van der Waals surface area contributed by atoms with E-state index >= 15 is 0 Å². The van der Waals surface area contributed by atoms with Gasteiger partial charge < -0.3 is 10.8 Å². The molecule has 0 amide bonds. The average Bonchev–Trinajstić information content (AvgIpc) is 2.36. The van der Waals surface area contributed by atoms with Crippen molar-refractivity contribution < 1.29 is 5.11 Å². The third kappa shape index (κ3) is 3.44. The van der Waals surface area contributed by atoms with Crippen LogP contribution in [0.25, 0.3) is 0 Å². The van der Waals surface area contributed by atoms with E-state index < -0.39 is 5.60 Å². The second kappa shape index (κ2) is 5.87. The van der Waals surface area contributed by atoms with Crippen molar-refractivity contribution in [1.82, 2.24) is 9.80 Å². The molecule has 0 spiro atoms. The van der Waals surface area contributed by atoms with Crippen LogP contribution in [-0.4, -0.2) is 65.3 Å². The maximum atomic E-state index is 10.0. The standard InChI is InChI=1S/C14H29N3O/c1-12-9-17-7-4-3-5-13(17)10-16(12)8-6-14(2,18)11-15/h12-13,18H,3-11,15H2,1-2H3. The zero-order chi connectivity index (χ0) is 13.2. The maximum absolute atomic E-state index is 10.0. The molecule has 4 heteroatoms. The first-order chi connectivity index (χ1) is 8.52. The van der Waals surface area contributed by atoms with Crippen LogP contribution in [0, 0.1) is 0 Å². The van der Waals surface area contributed by atoms with Gasteiger partial charge in [-0.1, -0.05) is 6.42 Å². The van der Waals surface area contributed by atoms with Crippen LogP contribution in [0.15, 0.2) is 0 Å². The van der Waals surface area contributed by atoms with E-state index in [1.165, 1.54) is 38.9 Å². The number of fused-ring (bicyclic) bond motifs is 1. The number of hydrogen-bond donors (Lipinski definition) is 2. The molecule has 3 atom stereocenters. The molecule has 3 N–H and O–H groups in total. The third-order valence-electron chi connectivity index (χ3n) is 4.69. The van der Waals surface area contributed by atoms with E-state index in [2.05, 4.69) is 16.7 Å². The third-order valence-corrected chi connectivity index (χ3v) is 4.69. The molecule has 2 saturated heterocycles. The fourth-order valence-corrected chi connectivity index (χ4v) is 3.21. The van der Waals surface area contributed by atoms with Gasteiger partial charge in [-0.15, -0.1) is 0 Å². The van der Waals surface area contributed by atoms with E-state index in [0.29, 0.717) is 12.6 Å². The Bertz CT molecular complexity index is 270. The Morgan fingerprint density at radius 3 is 2.83 bits per heavy atom. The SMILES string of the molecule is CC1CN2CCCCC2CN1CCC(C)(O)CN. The quantitative estimate of drug-likeness (QED) is 0.774. The Labute approximate surface area is 111 Å². The minimum absolute atomic E-state index is 0.352. The van der Waals surface area contributed by atoms with Crippen molar-refractivity contribution in [3.8, 4) is 0 Å². The van der Waals surface area contributed by atoms with Crippen LogP contribution in [0.4, 0.5) is 0 Å². The van der Waals surface area contributed by atoms with Crippen molar-refractivity contribution in [2.75, 3.05) is 32.7 Å². The number of nitrogens with two attached hydrogens (primary N) is 1. The Balaban J connectivity index is 1.85. The second-order valence-electron chi connectivity index (χ2n) is 6.44. The minimum Gasteiger partial charge on any atom is -0.389 e. The molecule has 2 rings (SSSR count). The van der Waals surface area contributed by atoms with Gasteiger partial charge in [-0.25, -0.2) is 0 Å². The lowest BCUT2D eigenvalue weighted by atomic mass is 9.96. The fourth-order valence-electron chi connectivity index (χ4n) is 3.21. The molecule has 2 aliphatic rings. The van der Waals surface area contributed by atoms with Crippen LogP contribution in [0.5, 0.6) is 0 Å². The van der Waals surface area contributed by atoms with E-state index in [0.717, 1.165) is 19.0 Å². The molecule has 0 aromatic heterocycles. The monoisotopic (exact) mass is 255 g/mol. The lowest BCUT2D eigenvalue weighted by Gasteiger charge is -2.48. The number of nitrogens with zero attached hydrogens (tertiary/aromatic N) is 2. The van der Waals surface area contributed by atoms with E-state index in [1.54, 1.807) is 0 Å². The molecule has 2 aliphatic heterocycles. The van der Waals surface area contributed by atoms with Gasteiger partial charge in [-0.3, -0.25) is 9.80 Å². The number of hydrogen-bond acceptors (Lipinski definition) is 4. The van der Waals surface area contributed by atoms with Crippen molar-refractivity contribution >= 4 is 0 Å². The number of rotatable bonds is 4. The van der Waals surface area contributed by atoms with Gasteiger partial charge in [-0.2, -0.15) is 0 Å². The summed E-state index contributed by atoms with van der Waals surface area (Å²) in [6, 6.07) is 1.35. The number of piperidine rings is 1. The maximum Gasteiger partial charge on any atom is 0.0753 e. The summed E-state index contributed by atoms with van der Waals surface area (Å²) in [6.45, 7) is 9.11. The van der Waals surface area contributed by atoms with Crippen LogP contribution >= 0.6 is 0 Å². The molecule has 0 saturated carbocycles. The van der Waals surface area contributed by atoms with Crippen LogP contribution in [0.1, 0.15) is 39.5 Å². The van der Waals surface area contributed by atoms with Gasteiger partial charge in [0.05, 0.1) is 5.60 Å². The summed E-state index contributed by atoms with van der Waals surface area (Å²) in [5.41, 5.74) is 4.88. The normalized spacial score (nSPS) is 34.0. The van der Waals surface area contributed by atoms with Crippen molar-refractivity contribution in [2.24, 2.45) is 5.73 Å². The van der Waals surface area contributed by atoms with Crippen LogP contribution in [-0.2, 0) is 0 Å². The summed E-state index contributed by atoms with van der Waals surface area (Å²) in [5, 5.41) is 10.0. The van der Waals surface area contributed by atoms with Crippen LogP contribution < -0.4 is 5.73 Å². The highest BCUT2D eigenvalue weighted by atomic mass is 16.3. The molecular formula is C14H29N3O. The Morgan fingerprint density at radius 2 is 2.11 bits per heavy atom. The summed E-state index contributed by atoms with van der Waals surface area (Å²) >= 11 is 0. The Kier molecular flexibility index (Phi) is 4.64. The topological polar surface area (TPSA) is 52.7 Å². The molecule has 4 nitrogen and oxygen atoms in total. The molecule has 3 unspecified atom stereocenters. The van der Waals surface area contributed by atoms with Crippen molar-refractivity contribution in [3.05, 3.63) is 0 Å². The molecule has 2 fully saturated rings. The van der Waals surface area contributed by atoms with Gasteiger partial charge >= 0.3 is 0 Å². The van der Waals surface area contributed by atoms with Crippen molar-refractivity contribution in [2.45, 2.75) is 57.2 Å². The largest absolute Gasteiger partial charge is 0.389 e. The highest BCUT2D eigenvalue weighted by Crippen LogP contribution is 2.24. The first-order valence-corrected chi connectivity index (χ1v) is 7.42. The minimum atomic E-state index is -0.705. The van der Waals surface area contributed by atoms with Gasteiger partial charge in [0, 0.05) is 38.3 Å². The van der Waals surface area contributed by atoms with Crippen LogP contribution in [0.2, 0.25) is 0 Å². The lowest BCUT2D eigenvalue weighted by Crippen LogP contribution is -2.59. The molecule has 0 aromatic carbocycles. The molecular weight excluding hydrogens is 226 g/mol. The van der Waals surface area contributed by atoms with Crippen molar-refractivity contribution in [1.29, 1.82) is 0 Å². The first kappa shape index (κ1) is 14.3.